The minimum atomic E-state index is -1.67. The Labute approximate surface area is 104 Å². The van der Waals surface area contributed by atoms with Gasteiger partial charge in [-0.15, -0.1) is 0 Å². The minimum absolute atomic E-state index is 0.840. The van der Waals surface area contributed by atoms with Crippen molar-refractivity contribution in [2.24, 2.45) is 0 Å². The van der Waals surface area contributed by atoms with Crippen LogP contribution in [0.2, 0.25) is 0 Å². The molecule has 0 unspecified atom stereocenters. The Balaban J connectivity index is 4.99. The van der Waals surface area contributed by atoms with Crippen LogP contribution < -0.4 is 0 Å². The van der Waals surface area contributed by atoms with Gasteiger partial charge in [0.05, 0.1) is 0 Å². The van der Waals surface area contributed by atoms with Crippen molar-refractivity contribution in [2.45, 2.75) is 20.8 Å². The van der Waals surface area contributed by atoms with Crippen LogP contribution in [0.1, 0.15) is 20.8 Å². The summed E-state index contributed by atoms with van der Waals surface area (Å²) in [5, 5.41) is 0. The molecule has 0 fully saturated rings. The fourth-order valence-electron chi connectivity index (χ4n) is 0.694. The largest absolute Gasteiger partial charge is 0.575 e. The van der Waals surface area contributed by atoms with Crippen molar-refractivity contribution in [1.29, 1.82) is 0 Å². The minimum Gasteiger partial charge on any atom is -0.163 e. The van der Waals surface area contributed by atoms with Crippen molar-refractivity contribution in [1.82, 2.24) is 0 Å². The average Bonchev–Trinajstić information content (AvgIpc) is 2.15. The second kappa shape index (κ2) is 7.69. The number of allylic oxidation sites excluding steroid dienone is 3. The second-order valence-corrected chi connectivity index (χ2v) is 5.31. The van der Waals surface area contributed by atoms with Gasteiger partial charge in [-0.2, -0.15) is 14.3 Å². The zero-order chi connectivity index (χ0) is 12.6. The van der Waals surface area contributed by atoms with Crippen LogP contribution in [0.25, 0.3) is 0 Å². The Morgan fingerprint density at radius 3 is 1.12 bits per heavy atom. The van der Waals surface area contributed by atoms with E-state index < -0.39 is 14.1 Å². The van der Waals surface area contributed by atoms with Gasteiger partial charge < -0.3 is 0 Å². The first-order valence-corrected chi connectivity index (χ1v) is 6.66. The van der Waals surface area contributed by atoms with Crippen molar-refractivity contribution in [3.63, 3.8) is 0 Å². The topological polar surface area (TPSA) is 0 Å². The van der Waals surface area contributed by atoms with Gasteiger partial charge in [0.25, 0.3) is 0 Å². The highest BCUT2D eigenvalue weighted by molar-refractivity contribution is 6.82. The molecule has 78 valence electrons. The third-order valence-corrected chi connectivity index (χ3v) is 2.59. The van der Waals surface area contributed by atoms with Crippen LogP contribution >= 0.6 is 0 Å². The molecule has 0 aliphatic rings. The standard InChI is InChI=1S/3C5H5.Al/c3*1-4-5(2)3;/h3*2H2,3H3;. The normalized spacial score (nSPS) is 6.94. The maximum Gasteiger partial charge on any atom is 0.575 e. The van der Waals surface area contributed by atoms with Crippen LogP contribution in [0.5, 0.6) is 0 Å². The van der Waals surface area contributed by atoms with Crippen molar-refractivity contribution in [3.05, 3.63) is 36.5 Å². The fraction of sp³-hybridized carbons (Fsp3) is 0.200. The lowest BCUT2D eigenvalue weighted by molar-refractivity contribution is 1.62. The Kier molecular flexibility index (Phi) is 6.94. The Morgan fingerprint density at radius 1 is 0.688 bits per heavy atom. The zero-order valence-corrected chi connectivity index (χ0v) is 11.4. The van der Waals surface area contributed by atoms with E-state index in [1.54, 1.807) is 0 Å². The SMILES string of the molecule is C=C(C)C#[C][Al]([C]#CC(=C)C)[C]#CC(=C)C. The molecule has 0 aromatic rings. The Bertz CT molecular complexity index is 411. The maximum absolute atomic E-state index is 3.73. The van der Waals surface area contributed by atoms with Crippen molar-refractivity contribution >= 4 is 14.1 Å². The molecule has 0 aliphatic heterocycles. The first-order chi connectivity index (χ1) is 7.41. The molecule has 16 heavy (non-hydrogen) atoms. The third kappa shape index (κ3) is 9.01. The number of rotatable bonds is 0. The highest BCUT2D eigenvalue weighted by atomic mass is 27.2. The van der Waals surface area contributed by atoms with Crippen LogP contribution in [0.3, 0.4) is 0 Å². The summed E-state index contributed by atoms with van der Waals surface area (Å²) in [6.07, 6.45) is 0. The van der Waals surface area contributed by atoms with E-state index in [1.807, 2.05) is 20.8 Å². The van der Waals surface area contributed by atoms with Crippen LogP contribution in [-0.2, 0) is 0 Å². The quantitative estimate of drug-likeness (QED) is 0.437. The molecular weight excluding hydrogens is 207 g/mol. The molecule has 0 aliphatic carbocycles. The summed E-state index contributed by atoms with van der Waals surface area (Å²) >= 11 is -1.67. The van der Waals surface area contributed by atoms with Gasteiger partial charge >= 0.3 is 14.1 Å². The van der Waals surface area contributed by atoms with Crippen LogP contribution in [0.15, 0.2) is 36.5 Å². The van der Waals surface area contributed by atoms with E-state index in [-0.39, 0.29) is 0 Å². The molecule has 0 saturated carbocycles. The molecule has 0 N–H and O–H groups in total. The monoisotopic (exact) mass is 222 g/mol. The molecule has 0 atom stereocenters. The molecule has 0 bridgehead atoms. The van der Waals surface area contributed by atoms with Gasteiger partial charge in [-0.3, -0.25) is 0 Å². The van der Waals surface area contributed by atoms with E-state index in [1.165, 1.54) is 0 Å². The van der Waals surface area contributed by atoms with E-state index in [0.717, 1.165) is 16.7 Å². The van der Waals surface area contributed by atoms with E-state index in [2.05, 4.69) is 51.8 Å². The van der Waals surface area contributed by atoms with Gasteiger partial charge in [-0.1, -0.05) is 37.5 Å². The summed E-state index contributed by atoms with van der Waals surface area (Å²) in [4.78, 5) is 9.27. The molecule has 0 spiro atoms. The summed E-state index contributed by atoms with van der Waals surface area (Å²) in [5.74, 6) is 8.84. The van der Waals surface area contributed by atoms with Crippen molar-refractivity contribution in [3.8, 4) is 32.1 Å². The lowest BCUT2D eigenvalue weighted by Crippen LogP contribution is -2.04. The molecule has 0 aromatic heterocycles. The fourth-order valence-corrected chi connectivity index (χ4v) is 2.08. The van der Waals surface area contributed by atoms with Crippen LogP contribution in [-0.4, -0.2) is 14.1 Å². The Hall–Kier alpha value is -1.57. The van der Waals surface area contributed by atoms with E-state index in [4.69, 9.17) is 0 Å². The molecule has 0 heterocycles. The molecule has 0 radical (unpaired) electrons. The van der Waals surface area contributed by atoms with Crippen molar-refractivity contribution < 1.29 is 0 Å². The first kappa shape index (κ1) is 14.4. The summed E-state index contributed by atoms with van der Waals surface area (Å²) in [5.41, 5.74) is 2.52. The molecule has 1 heteroatoms. The van der Waals surface area contributed by atoms with Crippen LogP contribution in [0.4, 0.5) is 0 Å². The molecule has 0 rings (SSSR count). The van der Waals surface area contributed by atoms with Gasteiger partial charge in [0, 0.05) is 0 Å². The zero-order valence-electron chi connectivity index (χ0n) is 10.2. The summed E-state index contributed by atoms with van der Waals surface area (Å²) in [6, 6.07) is 0. The van der Waals surface area contributed by atoms with Crippen LogP contribution in [0, 0.1) is 32.1 Å². The van der Waals surface area contributed by atoms with Gasteiger partial charge in [-0.05, 0) is 37.5 Å². The van der Waals surface area contributed by atoms with Gasteiger partial charge in [0.2, 0.25) is 0 Å². The van der Waals surface area contributed by atoms with Crippen molar-refractivity contribution in [2.75, 3.05) is 0 Å². The number of hydrogen-bond acceptors (Lipinski definition) is 0. The first-order valence-electron chi connectivity index (χ1n) is 4.93. The molecule has 0 amide bonds. The summed E-state index contributed by atoms with van der Waals surface area (Å²) < 4.78 is 0. The molecule has 0 nitrogen and oxygen atoms in total. The lowest BCUT2D eigenvalue weighted by atomic mass is 10.4. The number of hydrogen-bond donors (Lipinski definition) is 0. The lowest BCUT2D eigenvalue weighted by Gasteiger charge is -1.84. The summed E-state index contributed by atoms with van der Waals surface area (Å²) in [6.45, 7) is 16.8. The molecular formula is C15H15Al. The smallest absolute Gasteiger partial charge is 0.163 e. The van der Waals surface area contributed by atoms with E-state index in [9.17, 15) is 0 Å². The summed E-state index contributed by atoms with van der Waals surface area (Å²) in [7, 11) is 0. The average molecular weight is 222 g/mol. The third-order valence-electron chi connectivity index (χ3n) is 1.29. The van der Waals surface area contributed by atoms with E-state index >= 15 is 0 Å². The van der Waals surface area contributed by atoms with E-state index in [0.29, 0.717) is 0 Å². The van der Waals surface area contributed by atoms with Gasteiger partial charge in [0.15, 0.2) is 0 Å². The Morgan fingerprint density at radius 2 is 0.938 bits per heavy atom. The predicted molar refractivity (Wildman–Crippen MR) is 73.5 cm³/mol. The second-order valence-electron chi connectivity index (χ2n) is 3.58. The highest BCUT2D eigenvalue weighted by Crippen LogP contribution is 1.87. The maximum atomic E-state index is 3.73. The predicted octanol–water partition coefficient (Wildman–Crippen LogP) is 2.84. The van der Waals surface area contributed by atoms with Gasteiger partial charge in [-0.25, -0.2) is 0 Å². The molecule has 0 aromatic carbocycles. The van der Waals surface area contributed by atoms with Gasteiger partial charge in [0.1, 0.15) is 0 Å². The molecule has 0 saturated heterocycles. The highest BCUT2D eigenvalue weighted by Gasteiger charge is 2.08.